The molecule has 1 aliphatic carbocycles. The molecule has 1 saturated carbocycles. The number of aromatic nitrogens is 6. The zero-order valence-electron chi connectivity index (χ0n) is 18.0. The van der Waals surface area contributed by atoms with Crippen LogP contribution in [0.5, 0.6) is 0 Å². The Balaban J connectivity index is 1.20. The molecular weight excluding hydrogens is 436 g/mol. The van der Waals surface area contributed by atoms with Crippen molar-refractivity contribution in [2.75, 3.05) is 24.5 Å². The third kappa shape index (κ3) is 2.64. The van der Waals surface area contributed by atoms with Gasteiger partial charge in [0.15, 0.2) is 0 Å². The summed E-state index contributed by atoms with van der Waals surface area (Å²) in [6.07, 6.45) is 4.72. The first-order valence-corrected chi connectivity index (χ1v) is 12.0. The van der Waals surface area contributed by atoms with Crippen molar-refractivity contribution in [3.8, 4) is 11.3 Å². The van der Waals surface area contributed by atoms with E-state index in [1.807, 2.05) is 31.5 Å². The smallest absolute Gasteiger partial charge is 0.202 e. The van der Waals surface area contributed by atoms with Gasteiger partial charge in [0.2, 0.25) is 5.65 Å². The van der Waals surface area contributed by atoms with Crippen LogP contribution in [-0.4, -0.2) is 49.9 Å². The van der Waals surface area contributed by atoms with E-state index in [2.05, 4.69) is 36.7 Å². The molecule has 2 fully saturated rings. The van der Waals surface area contributed by atoms with Gasteiger partial charge < -0.3 is 15.2 Å². The van der Waals surface area contributed by atoms with Crippen LogP contribution >= 0.6 is 11.3 Å². The van der Waals surface area contributed by atoms with Gasteiger partial charge in [-0.05, 0) is 37.3 Å². The SMILES string of the molecule is Cc1cc([C@@]2(CN)[C@@H]3CCN(c4cnc5c(-c6csc7ncccc67)[nH]nc5n4)C[C@@H]32)no1. The number of H-pyrrole nitrogens is 1. The molecule has 6 heterocycles. The number of piperidine rings is 1. The Morgan fingerprint density at radius 2 is 2.27 bits per heavy atom. The van der Waals surface area contributed by atoms with Crippen molar-refractivity contribution < 1.29 is 4.52 Å². The van der Waals surface area contributed by atoms with E-state index in [0.29, 0.717) is 24.0 Å². The van der Waals surface area contributed by atoms with Crippen LogP contribution in [0.3, 0.4) is 0 Å². The molecule has 0 amide bonds. The molecule has 7 rings (SSSR count). The van der Waals surface area contributed by atoms with Crippen molar-refractivity contribution in [1.82, 2.24) is 30.3 Å². The Morgan fingerprint density at radius 3 is 3.12 bits per heavy atom. The summed E-state index contributed by atoms with van der Waals surface area (Å²) in [4.78, 5) is 17.4. The first-order valence-electron chi connectivity index (χ1n) is 11.1. The van der Waals surface area contributed by atoms with E-state index in [9.17, 15) is 0 Å². The van der Waals surface area contributed by atoms with Gasteiger partial charge in [0, 0.05) is 53.6 Å². The van der Waals surface area contributed by atoms with E-state index in [-0.39, 0.29) is 5.41 Å². The lowest BCUT2D eigenvalue weighted by Crippen LogP contribution is -2.32. The van der Waals surface area contributed by atoms with E-state index in [0.717, 1.165) is 63.8 Å². The monoisotopic (exact) mass is 458 g/mol. The van der Waals surface area contributed by atoms with Gasteiger partial charge in [-0.15, -0.1) is 11.3 Å². The molecule has 5 aromatic heterocycles. The summed E-state index contributed by atoms with van der Waals surface area (Å²) in [5.41, 5.74) is 10.5. The maximum atomic E-state index is 6.27. The van der Waals surface area contributed by atoms with Gasteiger partial charge in [-0.25, -0.2) is 15.0 Å². The van der Waals surface area contributed by atoms with Crippen molar-refractivity contribution >= 4 is 38.5 Å². The molecule has 1 aliphatic heterocycles. The van der Waals surface area contributed by atoms with E-state index < -0.39 is 0 Å². The fraction of sp³-hybridized carbons (Fsp3) is 0.348. The topological polar surface area (TPSA) is 123 Å². The summed E-state index contributed by atoms with van der Waals surface area (Å²) >= 11 is 1.62. The van der Waals surface area contributed by atoms with E-state index in [1.54, 1.807) is 11.3 Å². The summed E-state index contributed by atoms with van der Waals surface area (Å²) < 4.78 is 5.36. The van der Waals surface area contributed by atoms with Gasteiger partial charge in [0.05, 0.1) is 17.6 Å². The third-order valence-corrected chi connectivity index (χ3v) is 8.37. The van der Waals surface area contributed by atoms with Crippen molar-refractivity contribution in [3.63, 3.8) is 0 Å². The number of thiophene rings is 1. The molecule has 166 valence electrons. The van der Waals surface area contributed by atoms with Gasteiger partial charge >= 0.3 is 0 Å². The van der Waals surface area contributed by atoms with Crippen LogP contribution in [0.2, 0.25) is 0 Å². The molecule has 0 bridgehead atoms. The highest BCUT2D eigenvalue weighted by atomic mass is 32.1. The number of nitrogens with one attached hydrogen (secondary N) is 1. The number of anilines is 1. The van der Waals surface area contributed by atoms with Crippen LogP contribution in [0, 0.1) is 18.8 Å². The van der Waals surface area contributed by atoms with E-state index >= 15 is 0 Å². The lowest BCUT2D eigenvalue weighted by atomic mass is 9.97. The van der Waals surface area contributed by atoms with Crippen molar-refractivity contribution in [1.29, 1.82) is 0 Å². The Morgan fingerprint density at radius 1 is 1.33 bits per heavy atom. The van der Waals surface area contributed by atoms with Crippen molar-refractivity contribution in [2.24, 2.45) is 17.6 Å². The fourth-order valence-corrected chi connectivity index (χ4v) is 6.65. The predicted octanol–water partition coefficient (Wildman–Crippen LogP) is 3.28. The first kappa shape index (κ1) is 19.1. The molecule has 10 heteroatoms. The highest BCUT2D eigenvalue weighted by molar-refractivity contribution is 7.17. The summed E-state index contributed by atoms with van der Waals surface area (Å²) in [6.45, 7) is 4.31. The first-order chi connectivity index (χ1) is 16.2. The summed E-state index contributed by atoms with van der Waals surface area (Å²) in [5.74, 6) is 2.67. The van der Waals surface area contributed by atoms with Gasteiger partial charge in [-0.2, -0.15) is 5.10 Å². The number of nitrogens with zero attached hydrogens (tertiary/aromatic N) is 6. The minimum atomic E-state index is -0.0857. The molecule has 33 heavy (non-hydrogen) atoms. The molecule has 1 saturated heterocycles. The molecule has 3 N–H and O–H groups in total. The normalized spacial score (nSPS) is 24.5. The van der Waals surface area contributed by atoms with Crippen LogP contribution in [0.4, 0.5) is 5.82 Å². The number of rotatable bonds is 4. The van der Waals surface area contributed by atoms with Crippen LogP contribution in [-0.2, 0) is 5.41 Å². The zero-order chi connectivity index (χ0) is 22.2. The van der Waals surface area contributed by atoms with Crippen LogP contribution in [0.25, 0.3) is 32.6 Å². The number of pyridine rings is 1. The quantitative estimate of drug-likeness (QED) is 0.421. The number of aryl methyl sites for hydroxylation is 1. The number of nitrogens with two attached hydrogens (primary N) is 1. The minimum Gasteiger partial charge on any atom is -0.361 e. The average Bonchev–Trinajstić information content (AvgIpc) is 3.26. The Hall–Kier alpha value is -3.37. The molecule has 0 aromatic carbocycles. The molecular formula is C23H22N8OS. The second kappa shape index (κ2) is 6.82. The second-order valence-electron chi connectivity index (χ2n) is 9.02. The van der Waals surface area contributed by atoms with Crippen molar-refractivity contribution in [2.45, 2.75) is 18.8 Å². The number of fused-ring (bicyclic) bond motifs is 3. The molecule has 0 radical (unpaired) electrons. The van der Waals surface area contributed by atoms with Gasteiger partial charge in [0.25, 0.3) is 0 Å². The molecule has 2 aliphatic rings. The molecule has 3 atom stereocenters. The number of aromatic amines is 1. The second-order valence-corrected chi connectivity index (χ2v) is 9.88. The van der Waals surface area contributed by atoms with Gasteiger partial charge in [-0.3, -0.25) is 5.10 Å². The Labute approximate surface area is 193 Å². The number of hydrogen-bond donors (Lipinski definition) is 2. The fourth-order valence-electron chi connectivity index (χ4n) is 5.75. The largest absolute Gasteiger partial charge is 0.361 e. The minimum absolute atomic E-state index is 0.0857. The maximum Gasteiger partial charge on any atom is 0.202 e. The van der Waals surface area contributed by atoms with E-state index in [4.69, 9.17) is 20.2 Å². The van der Waals surface area contributed by atoms with Gasteiger partial charge in [-0.1, -0.05) is 5.16 Å². The molecule has 0 spiro atoms. The number of hydrogen-bond acceptors (Lipinski definition) is 9. The standard InChI is InChI=1S/C23H22N8OS/c1-12-7-17(30-32-12)23(11-24)15-4-6-31(9-16(15)23)18-8-26-20-19(28-29-21(20)27-18)14-10-33-22-13(14)3-2-5-25-22/h2-3,5,7-8,10,15-16H,4,6,9,11,24H2,1H3,(H,27,28,29)/t15-,16+,23+/m1/s1. The van der Waals surface area contributed by atoms with E-state index in [1.165, 1.54) is 0 Å². The zero-order valence-corrected chi connectivity index (χ0v) is 18.8. The molecule has 0 unspecified atom stereocenters. The summed E-state index contributed by atoms with van der Waals surface area (Å²) in [5, 5.41) is 15.1. The van der Waals surface area contributed by atoms with Crippen LogP contribution < -0.4 is 10.6 Å². The Kier molecular flexibility index (Phi) is 3.95. The van der Waals surface area contributed by atoms with Crippen LogP contribution in [0.15, 0.2) is 40.5 Å². The maximum absolute atomic E-state index is 6.27. The Bertz CT molecular complexity index is 1500. The van der Waals surface area contributed by atoms with Gasteiger partial charge in [0.1, 0.15) is 21.9 Å². The molecule has 9 nitrogen and oxygen atoms in total. The summed E-state index contributed by atoms with van der Waals surface area (Å²) in [6, 6.07) is 6.06. The average molecular weight is 459 g/mol. The predicted molar refractivity (Wildman–Crippen MR) is 126 cm³/mol. The molecule has 5 aromatic rings. The lowest BCUT2D eigenvalue weighted by molar-refractivity contribution is 0.379. The highest BCUT2D eigenvalue weighted by Crippen LogP contribution is 2.62. The summed E-state index contributed by atoms with van der Waals surface area (Å²) in [7, 11) is 0. The highest BCUT2D eigenvalue weighted by Gasteiger charge is 2.67. The van der Waals surface area contributed by atoms with Crippen LogP contribution in [0.1, 0.15) is 17.9 Å². The lowest BCUT2D eigenvalue weighted by Gasteiger charge is -2.26. The van der Waals surface area contributed by atoms with Crippen molar-refractivity contribution in [3.05, 3.63) is 47.4 Å². The third-order valence-electron chi connectivity index (χ3n) is 7.46.